The Morgan fingerprint density at radius 2 is 1.25 bits per heavy atom. The second-order valence-corrected chi connectivity index (χ2v) is 12.7. The number of H-pyrrole nitrogens is 1. The number of amides is 2. The van der Waals surface area contributed by atoms with Gasteiger partial charge in [-0.3, -0.25) is 19.2 Å². The summed E-state index contributed by atoms with van der Waals surface area (Å²) in [6, 6.07) is 19.0. The van der Waals surface area contributed by atoms with E-state index in [4.69, 9.17) is 4.99 Å². The summed E-state index contributed by atoms with van der Waals surface area (Å²) in [5, 5.41) is 25.1. The Labute approximate surface area is 295 Å². The van der Waals surface area contributed by atoms with Gasteiger partial charge in [0.25, 0.3) is 11.8 Å². The molecule has 5 N–H and O–H groups in total. The second kappa shape index (κ2) is 14.3. The standard InChI is InChI=1S/C41H38N4O6/c1-22-28(15-17-36(46)47)33(42-30(22)19-32-24(3)39(41(51)44-32)27-13-9-6-10-14-27)21-34-29(16-18-37(48)49)23(2)31(43-34)20-35-38(25(4)40(50)45-35)26-11-7-5-8-12-26/h5-14,19-21,43H,15-18H2,1-4H3,(H,44,51)(H,45,50)(H,46,47)(H,48,49). The minimum Gasteiger partial charge on any atom is -0.481 e. The number of aliphatic carboxylic acids is 2. The molecule has 0 bridgehead atoms. The van der Waals surface area contributed by atoms with Gasteiger partial charge in [0, 0.05) is 41.1 Å². The number of aromatic nitrogens is 1. The van der Waals surface area contributed by atoms with Crippen molar-refractivity contribution in [2.75, 3.05) is 0 Å². The number of aliphatic imine (C=N–C) groups is 1. The third kappa shape index (κ3) is 7.07. The quantitative estimate of drug-likeness (QED) is 0.150. The molecule has 0 atom stereocenters. The van der Waals surface area contributed by atoms with E-state index in [0.717, 1.165) is 44.5 Å². The maximum Gasteiger partial charge on any atom is 0.303 e. The Bertz CT molecular complexity index is 2210. The van der Waals surface area contributed by atoms with Crippen LogP contribution in [-0.4, -0.2) is 44.7 Å². The van der Waals surface area contributed by atoms with E-state index in [2.05, 4.69) is 15.6 Å². The maximum absolute atomic E-state index is 13.0. The van der Waals surface area contributed by atoms with Crippen molar-refractivity contribution in [1.82, 2.24) is 15.6 Å². The summed E-state index contributed by atoms with van der Waals surface area (Å²) in [6.45, 7) is 7.44. The summed E-state index contributed by atoms with van der Waals surface area (Å²) < 4.78 is 0. The van der Waals surface area contributed by atoms with Gasteiger partial charge in [-0.15, -0.1) is 0 Å². The lowest BCUT2D eigenvalue weighted by molar-refractivity contribution is -0.138. The topological polar surface area (TPSA) is 161 Å². The van der Waals surface area contributed by atoms with Gasteiger partial charge in [-0.1, -0.05) is 60.7 Å². The molecule has 51 heavy (non-hydrogen) atoms. The van der Waals surface area contributed by atoms with E-state index >= 15 is 0 Å². The molecule has 0 unspecified atom stereocenters. The molecular formula is C41H38N4O6. The first-order valence-electron chi connectivity index (χ1n) is 16.7. The molecule has 1 aromatic heterocycles. The number of rotatable bonds is 11. The Morgan fingerprint density at radius 3 is 1.88 bits per heavy atom. The zero-order valence-corrected chi connectivity index (χ0v) is 28.8. The smallest absolute Gasteiger partial charge is 0.303 e. The van der Waals surface area contributed by atoms with Crippen LogP contribution in [0.3, 0.4) is 0 Å². The molecule has 0 saturated carbocycles. The van der Waals surface area contributed by atoms with Gasteiger partial charge < -0.3 is 25.8 Å². The van der Waals surface area contributed by atoms with Crippen LogP contribution in [0.4, 0.5) is 0 Å². The van der Waals surface area contributed by atoms with E-state index in [1.807, 2.05) is 99.7 Å². The average Bonchev–Trinajstić information content (AvgIpc) is 3.75. The number of benzene rings is 2. The number of hydrogen-bond acceptors (Lipinski definition) is 5. The van der Waals surface area contributed by atoms with E-state index in [-0.39, 0.29) is 37.5 Å². The van der Waals surface area contributed by atoms with Crippen molar-refractivity contribution >= 4 is 52.8 Å². The van der Waals surface area contributed by atoms with E-state index < -0.39 is 11.9 Å². The second-order valence-electron chi connectivity index (χ2n) is 12.7. The summed E-state index contributed by atoms with van der Waals surface area (Å²) >= 11 is 0. The normalized spacial score (nSPS) is 18.4. The fourth-order valence-electron chi connectivity index (χ4n) is 6.71. The number of carboxylic acids is 2. The van der Waals surface area contributed by atoms with Crippen LogP contribution in [0.2, 0.25) is 0 Å². The first kappa shape index (κ1) is 34.6. The number of carboxylic acid groups (broad SMARTS) is 2. The number of carbonyl (C=O) groups excluding carboxylic acids is 2. The first-order chi connectivity index (χ1) is 24.4. The van der Waals surface area contributed by atoms with Gasteiger partial charge in [-0.25, -0.2) is 4.99 Å². The number of aromatic amines is 1. The summed E-state index contributed by atoms with van der Waals surface area (Å²) in [7, 11) is 0. The average molecular weight is 683 g/mol. The molecule has 2 aromatic carbocycles. The largest absolute Gasteiger partial charge is 0.481 e. The highest BCUT2D eigenvalue weighted by atomic mass is 16.4. The molecule has 4 heterocycles. The number of hydrogen-bond donors (Lipinski definition) is 5. The van der Waals surface area contributed by atoms with Crippen LogP contribution in [0.25, 0.3) is 23.3 Å². The Hall–Kier alpha value is -6.29. The van der Waals surface area contributed by atoms with Crippen molar-refractivity contribution in [1.29, 1.82) is 0 Å². The fourth-order valence-corrected chi connectivity index (χ4v) is 6.71. The van der Waals surface area contributed by atoms with Crippen molar-refractivity contribution in [2.24, 2.45) is 4.99 Å². The van der Waals surface area contributed by atoms with Gasteiger partial charge >= 0.3 is 11.9 Å². The van der Waals surface area contributed by atoms with Crippen LogP contribution in [0, 0.1) is 6.92 Å². The highest BCUT2D eigenvalue weighted by Crippen LogP contribution is 2.36. The number of allylic oxidation sites excluding steroid dienone is 5. The first-order valence-corrected chi connectivity index (χ1v) is 16.7. The molecule has 0 radical (unpaired) electrons. The predicted molar refractivity (Wildman–Crippen MR) is 197 cm³/mol. The van der Waals surface area contributed by atoms with Crippen LogP contribution in [0.1, 0.15) is 73.7 Å². The third-order valence-electron chi connectivity index (χ3n) is 9.48. The number of carbonyl (C=O) groups is 4. The molecule has 3 aliphatic heterocycles. The molecule has 0 aliphatic carbocycles. The molecule has 0 saturated heterocycles. The van der Waals surface area contributed by atoms with Gasteiger partial charge in [0.05, 0.1) is 22.7 Å². The van der Waals surface area contributed by atoms with Crippen molar-refractivity contribution in [3.05, 3.63) is 140 Å². The number of nitrogens with zero attached hydrogens (tertiary/aromatic N) is 1. The Balaban J connectivity index is 1.44. The SMILES string of the molecule is CC1=C(CCC(=O)O)C(=Cc2[nH]c(C=C3NC(=O)C(C)=C3c3ccccc3)c(C)c2CCC(=O)O)N=C1C=C1NC(=O)C(c2ccccc2)=C1C. The summed E-state index contributed by atoms with van der Waals surface area (Å²) in [5.41, 5.74) is 11.2. The lowest BCUT2D eigenvalue weighted by Gasteiger charge is -2.07. The van der Waals surface area contributed by atoms with Crippen molar-refractivity contribution in [3.8, 4) is 0 Å². The molecule has 10 nitrogen and oxygen atoms in total. The third-order valence-corrected chi connectivity index (χ3v) is 9.48. The van der Waals surface area contributed by atoms with E-state index in [1.54, 1.807) is 6.92 Å². The van der Waals surface area contributed by atoms with Crippen LogP contribution < -0.4 is 10.6 Å². The van der Waals surface area contributed by atoms with Crippen LogP contribution in [-0.2, 0) is 25.6 Å². The minimum atomic E-state index is -0.946. The van der Waals surface area contributed by atoms with E-state index in [0.29, 0.717) is 45.3 Å². The van der Waals surface area contributed by atoms with Crippen LogP contribution in [0.5, 0.6) is 0 Å². The molecule has 2 amide bonds. The van der Waals surface area contributed by atoms with Gasteiger partial charge in [-0.05, 0) is 97.7 Å². The van der Waals surface area contributed by atoms with Crippen molar-refractivity contribution in [2.45, 2.75) is 53.4 Å². The highest BCUT2D eigenvalue weighted by Gasteiger charge is 2.29. The van der Waals surface area contributed by atoms with E-state index in [1.165, 1.54) is 0 Å². The molecule has 10 heteroatoms. The minimum absolute atomic E-state index is 0.105. The van der Waals surface area contributed by atoms with Gasteiger partial charge in [0.2, 0.25) is 0 Å². The highest BCUT2D eigenvalue weighted by molar-refractivity contribution is 6.25. The molecule has 3 aliphatic rings. The van der Waals surface area contributed by atoms with Gasteiger partial charge in [-0.2, -0.15) is 0 Å². The van der Waals surface area contributed by atoms with Gasteiger partial charge in [0.15, 0.2) is 0 Å². The molecule has 6 rings (SSSR count). The lowest BCUT2D eigenvalue weighted by Crippen LogP contribution is -2.16. The Kier molecular flexibility index (Phi) is 9.68. The molecular weight excluding hydrogens is 644 g/mol. The zero-order chi connectivity index (χ0) is 36.4. The van der Waals surface area contributed by atoms with E-state index in [9.17, 15) is 29.4 Å². The number of nitrogens with one attached hydrogen (secondary N) is 3. The zero-order valence-electron chi connectivity index (χ0n) is 28.8. The molecule has 0 spiro atoms. The maximum atomic E-state index is 13.0. The molecule has 3 aromatic rings. The van der Waals surface area contributed by atoms with Crippen LogP contribution >= 0.6 is 0 Å². The molecule has 258 valence electrons. The monoisotopic (exact) mass is 682 g/mol. The fraction of sp³-hybridized carbons (Fsp3) is 0.195. The Morgan fingerprint density at radius 1 is 0.667 bits per heavy atom. The summed E-state index contributed by atoms with van der Waals surface area (Å²) in [6.07, 6.45) is 5.74. The lowest BCUT2D eigenvalue weighted by atomic mass is 9.97. The summed E-state index contributed by atoms with van der Waals surface area (Å²) in [5.74, 6) is -2.29. The van der Waals surface area contributed by atoms with Crippen molar-refractivity contribution in [3.63, 3.8) is 0 Å². The predicted octanol–water partition coefficient (Wildman–Crippen LogP) is 6.75. The van der Waals surface area contributed by atoms with Crippen LogP contribution in [0.15, 0.2) is 111 Å². The molecule has 0 fully saturated rings. The van der Waals surface area contributed by atoms with Crippen molar-refractivity contribution < 1.29 is 29.4 Å². The van der Waals surface area contributed by atoms with Gasteiger partial charge in [0.1, 0.15) is 0 Å². The summed E-state index contributed by atoms with van der Waals surface area (Å²) in [4.78, 5) is 57.6.